The summed E-state index contributed by atoms with van der Waals surface area (Å²) in [7, 11) is 0. The van der Waals surface area contributed by atoms with E-state index in [1.54, 1.807) is 0 Å². The lowest BCUT2D eigenvalue weighted by Gasteiger charge is -2.32. The van der Waals surface area contributed by atoms with Crippen LogP contribution in [0.2, 0.25) is 0 Å². The molecule has 1 aliphatic rings. The van der Waals surface area contributed by atoms with E-state index < -0.39 is 0 Å². The Kier molecular flexibility index (Phi) is 5.44. The predicted molar refractivity (Wildman–Crippen MR) is 84.0 cm³/mol. The quantitative estimate of drug-likeness (QED) is 0.897. The summed E-state index contributed by atoms with van der Waals surface area (Å²) in [5, 5.41) is 0. The maximum Gasteiger partial charge on any atom is 0.119 e. The molecule has 3 heteroatoms. The fourth-order valence-electron chi connectivity index (χ4n) is 2.90. The minimum atomic E-state index is 0.0911. The molecule has 1 saturated heterocycles. The molecule has 1 aromatic carbocycles. The van der Waals surface area contributed by atoms with Gasteiger partial charge in [-0.05, 0) is 56.8 Å². The minimum Gasteiger partial charge on any atom is -0.491 e. The first kappa shape index (κ1) is 15.3. The van der Waals surface area contributed by atoms with Gasteiger partial charge in [0.15, 0.2) is 0 Å². The molecule has 2 rings (SSSR count). The topological polar surface area (TPSA) is 38.5 Å². The Morgan fingerprint density at radius 3 is 2.60 bits per heavy atom. The average Bonchev–Trinajstić information content (AvgIpc) is 2.38. The first-order valence-corrected chi connectivity index (χ1v) is 7.79. The molecule has 0 spiro atoms. The van der Waals surface area contributed by atoms with Gasteiger partial charge in [-0.1, -0.05) is 19.1 Å². The van der Waals surface area contributed by atoms with Gasteiger partial charge < -0.3 is 15.4 Å². The molecule has 0 radical (unpaired) electrons. The smallest absolute Gasteiger partial charge is 0.119 e. The van der Waals surface area contributed by atoms with Crippen LogP contribution in [0.1, 0.15) is 45.2 Å². The van der Waals surface area contributed by atoms with Crippen LogP contribution >= 0.6 is 0 Å². The van der Waals surface area contributed by atoms with E-state index in [2.05, 4.69) is 24.0 Å². The summed E-state index contributed by atoms with van der Waals surface area (Å²) in [4.78, 5) is 2.50. The second-order valence-corrected chi connectivity index (χ2v) is 6.35. The third-order valence-electron chi connectivity index (χ3n) is 3.88. The molecule has 0 saturated carbocycles. The lowest BCUT2D eigenvalue weighted by atomic mass is 9.99. The van der Waals surface area contributed by atoms with Crippen molar-refractivity contribution in [3.63, 3.8) is 0 Å². The van der Waals surface area contributed by atoms with Crippen LogP contribution in [-0.2, 0) is 0 Å². The maximum absolute atomic E-state index is 6.34. The number of nitrogens with two attached hydrogens (primary N) is 1. The van der Waals surface area contributed by atoms with E-state index in [0.717, 1.165) is 18.2 Å². The van der Waals surface area contributed by atoms with Crippen LogP contribution < -0.4 is 10.5 Å². The van der Waals surface area contributed by atoms with Crippen molar-refractivity contribution in [2.24, 2.45) is 11.7 Å². The van der Waals surface area contributed by atoms with Crippen molar-refractivity contribution >= 4 is 0 Å². The molecular formula is C17H28N2O. The number of likely N-dealkylation sites (tertiary alicyclic amines) is 1. The SMILES string of the molecule is CC1CCCN(CC(N)c2ccc(OC(C)C)cc2)C1. The largest absolute Gasteiger partial charge is 0.491 e. The van der Waals surface area contributed by atoms with Crippen LogP contribution in [0.15, 0.2) is 24.3 Å². The number of piperidine rings is 1. The molecule has 3 nitrogen and oxygen atoms in total. The second kappa shape index (κ2) is 7.09. The molecule has 1 aliphatic heterocycles. The molecule has 112 valence electrons. The van der Waals surface area contributed by atoms with Crippen LogP contribution in [0.25, 0.3) is 0 Å². The van der Waals surface area contributed by atoms with Gasteiger partial charge in [0.1, 0.15) is 5.75 Å². The molecule has 0 bridgehead atoms. The molecule has 0 amide bonds. The molecule has 1 aromatic rings. The molecule has 20 heavy (non-hydrogen) atoms. The molecule has 0 aliphatic carbocycles. The summed E-state index contributed by atoms with van der Waals surface area (Å²) in [5.74, 6) is 1.72. The van der Waals surface area contributed by atoms with Crippen molar-refractivity contribution in [1.82, 2.24) is 4.90 Å². The Morgan fingerprint density at radius 2 is 2.00 bits per heavy atom. The van der Waals surface area contributed by atoms with E-state index in [1.165, 1.54) is 31.5 Å². The van der Waals surface area contributed by atoms with Gasteiger partial charge in [0.25, 0.3) is 0 Å². The van der Waals surface area contributed by atoms with Gasteiger partial charge in [0, 0.05) is 19.1 Å². The third-order valence-corrected chi connectivity index (χ3v) is 3.88. The van der Waals surface area contributed by atoms with Gasteiger partial charge >= 0.3 is 0 Å². The first-order valence-electron chi connectivity index (χ1n) is 7.79. The Bertz CT molecular complexity index is 402. The molecule has 1 fully saturated rings. The van der Waals surface area contributed by atoms with Crippen molar-refractivity contribution in [1.29, 1.82) is 0 Å². The highest BCUT2D eigenvalue weighted by atomic mass is 16.5. The summed E-state index contributed by atoms with van der Waals surface area (Å²) < 4.78 is 5.66. The van der Waals surface area contributed by atoms with Gasteiger partial charge in [0.2, 0.25) is 0 Å². The van der Waals surface area contributed by atoms with Gasteiger partial charge in [-0.3, -0.25) is 0 Å². The Balaban J connectivity index is 1.90. The Labute approximate surface area is 123 Å². The predicted octanol–water partition coefficient (Wildman–Crippen LogP) is 3.21. The molecule has 0 aromatic heterocycles. The van der Waals surface area contributed by atoms with Crippen LogP contribution in [0.5, 0.6) is 5.75 Å². The third kappa shape index (κ3) is 4.50. The first-order chi connectivity index (χ1) is 9.54. The van der Waals surface area contributed by atoms with E-state index in [1.807, 2.05) is 26.0 Å². The van der Waals surface area contributed by atoms with Gasteiger partial charge in [-0.15, -0.1) is 0 Å². The minimum absolute atomic E-state index is 0.0911. The highest BCUT2D eigenvalue weighted by Gasteiger charge is 2.18. The van der Waals surface area contributed by atoms with Gasteiger partial charge in [0.05, 0.1) is 6.10 Å². The van der Waals surface area contributed by atoms with Crippen LogP contribution in [0, 0.1) is 5.92 Å². The van der Waals surface area contributed by atoms with Crippen molar-refractivity contribution in [3.8, 4) is 5.75 Å². The molecule has 2 atom stereocenters. The standard InChI is InChI=1S/C17H28N2O/c1-13(2)20-16-8-6-15(7-9-16)17(18)12-19-10-4-5-14(3)11-19/h6-9,13-14,17H,4-5,10-12,18H2,1-3H3. The Hall–Kier alpha value is -1.06. The number of rotatable bonds is 5. The monoisotopic (exact) mass is 276 g/mol. The van der Waals surface area contributed by atoms with Gasteiger partial charge in [-0.2, -0.15) is 0 Å². The van der Waals surface area contributed by atoms with E-state index >= 15 is 0 Å². The molecule has 1 heterocycles. The van der Waals surface area contributed by atoms with Crippen molar-refractivity contribution in [2.75, 3.05) is 19.6 Å². The number of ether oxygens (including phenoxy) is 1. The molecule has 2 unspecified atom stereocenters. The molecule has 2 N–H and O–H groups in total. The average molecular weight is 276 g/mol. The van der Waals surface area contributed by atoms with Crippen LogP contribution in [-0.4, -0.2) is 30.6 Å². The zero-order chi connectivity index (χ0) is 14.5. The zero-order valence-electron chi connectivity index (χ0n) is 13.0. The van der Waals surface area contributed by atoms with Crippen molar-refractivity contribution in [3.05, 3.63) is 29.8 Å². The molecular weight excluding hydrogens is 248 g/mol. The van der Waals surface area contributed by atoms with E-state index in [0.29, 0.717) is 0 Å². The number of nitrogens with zero attached hydrogens (tertiary/aromatic N) is 1. The van der Waals surface area contributed by atoms with Crippen molar-refractivity contribution in [2.45, 2.75) is 45.8 Å². The lowest BCUT2D eigenvalue weighted by Crippen LogP contribution is -2.39. The van der Waals surface area contributed by atoms with Crippen LogP contribution in [0.3, 0.4) is 0 Å². The summed E-state index contributed by atoms with van der Waals surface area (Å²) >= 11 is 0. The highest BCUT2D eigenvalue weighted by Crippen LogP contribution is 2.21. The number of benzene rings is 1. The van der Waals surface area contributed by atoms with Crippen LogP contribution in [0.4, 0.5) is 0 Å². The highest BCUT2D eigenvalue weighted by molar-refractivity contribution is 5.29. The fraction of sp³-hybridized carbons (Fsp3) is 0.647. The van der Waals surface area contributed by atoms with E-state index in [4.69, 9.17) is 10.5 Å². The summed E-state index contributed by atoms with van der Waals surface area (Å²) in [6.07, 6.45) is 2.87. The number of hydrogen-bond acceptors (Lipinski definition) is 3. The summed E-state index contributed by atoms with van der Waals surface area (Å²) in [5.41, 5.74) is 7.53. The summed E-state index contributed by atoms with van der Waals surface area (Å²) in [6, 6.07) is 8.32. The zero-order valence-corrected chi connectivity index (χ0v) is 13.0. The Morgan fingerprint density at radius 1 is 1.30 bits per heavy atom. The second-order valence-electron chi connectivity index (χ2n) is 6.35. The maximum atomic E-state index is 6.34. The van der Waals surface area contributed by atoms with Gasteiger partial charge in [-0.25, -0.2) is 0 Å². The summed E-state index contributed by atoms with van der Waals surface area (Å²) in [6.45, 7) is 9.73. The van der Waals surface area contributed by atoms with E-state index in [-0.39, 0.29) is 12.1 Å². The normalized spacial score (nSPS) is 21.9. The van der Waals surface area contributed by atoms with Crippen molar-refractivity contribution < 1.29 is 4.74 Å². The lowest BCUT2D eigenvalue weighted by molar-refractivity contribution is 0.174. The fourth-order valence-corrected chi connectivity index (χ4v) is 2.90. The number of hydrogen-bond donors (Lipinski definition) is 1. The van der Waals surface area contributed by atoms with E-state index in [9.17, 15) is 0 Å².